The van der Waals surface area contributed by atoms with E-state index in [-0.39, 0.29) is 5.56 Å². The molecule has 0 aromatic carbocycles. The van der Waals surface area contributed by atoms with E-state index in [1.165, 1.54) is 6.33 Å². The average Bonchev–Trinajstić information content (AvgIpc) is 2.86. The molecule has 6 heteroatoms. The van der Waals surface area contributed by atoms with Crippen LogP contribution in [0.1, 0.15) is 5.69 Å². The number of hydrogen-bond acceptors (Lipinski definition) is 4. The van der Waals surface area contributed by atoms with Crippen molar-refractivity contribution in [3.8, 4) is 11.3 Å². The molecule has 0 unspecified atom stereocenters. The number of fused-ring (bicyclic) bond motifs is 2. The maximum Gasteiger partial charge on any atom is 0.277 e. The topological polar surface area (TPSA) is 87.3 Å². The first-order valence-electron chi connectivity index (χ1n) is 6.51. The number of H-pyrrole nitrogens is 2. The van der Waals surface area contributed by atoms with Gasteiger partial charge in [-0.3, -0.25) is 4.79 Å². The number of aryl methyl sites for hydroxylation is 1. The van der Waals surface area contributed by atoms with Gasteiger partial charge in [0.1, 0.15) is 5.65 Å². The van der Waals surface area contributed by atoms with Gasteiger partial charge in [-0.15, -0.1) is 0 Å². The second-order valence-corrected chi connectivity index (χ2v) is 4.91. The molecule has 4 aromatic heterocycles. The van der Waals surface area contributed by atoms with Gasteiger partial charge in [0, 0.05) is 22.8 Å². The van der Waals surface area contributed by atoms with Crippen LogP contribution in [0.2, 0.25) is 0 Å². The number of rotatable bonds is 1. The van der Waals surface area contributed by atoms with Crippen molar-refractivity contribution in [1.82, 2.24) is 24.9 Å². The first kappa shape index (κ1) is 11.8. The second kappa shape index (κ2) is 4.24. The first-order valence-corrected chi connectivity index (χ1v) is 6.51. The molecule has 6 nitrogen and oxygen atoms in total. The van der Waals surface area contributed by atoms with Crippen LogP contribution < -0.4 is 5.56 Å². The summed E-state index contributed by atoms with van der Waals surface area (Å²) in [4.78, 5) is 30.4. The number of nitrogens with one attached hydrogen (secondary N) is 2. The Hall–Kier alpha value is -3.02. The van der Waals surface area contributed by atoms with Crippen molar-refractivity contribution in [2.24, 2.45) is 0 Å². The van der Waals surface area contributed by atoms with Crippen LogP contribution in [0.4, 0.5) is 0 Å². The molecule has 102 valence electrons. The van der Waals surface area contributed by atoms with Gasteiger partial charge in [-0.1, -0.05) is 0 Å². The molecule has 2 N–H and O–H groups in total. The Morgan fingerprint density at radius 1 is 1.14 bits per heavy atom. The fourth-order valence-electron chi connectivity index (χ4n) is 2.41. The monoisotopic (exact) mass is 277 g/mol. The van der Waals surface area contributed by atoms with E-state index in [1.54, 1.807) is 12.3 Å². The molecule has 0 aliphatic rings. The van der Waals surface area contributed by atoms with Gasteiger partial charge in [0.15, 0.2) is 5.52 Å². The summed E-state index contributed by atoms with van der Waals surface area (Å²) in [6.45, 7) is 1.99. The second-order valence-electron chi connectivity index (χ2n) is 4.91. The molecule has 0 saturated heterocycles. The zero-order chi connectivity index (χ0) is 14.4. The third-order valence-corrected chi connectivity index (χ3v) is 3.39. The van der Waals surface area contributed by atoms with E-state index in [0.29, 0.717) is 16.7 Å². The molecular formula is C15H11N5O. The van der Waals surface area contributed by atoms with E-state index in [1.807, 2.05) is 25.1 Å². The van der Waals surface area contributed by atoms with Gasteiger partial charge in [-0.25, -0.2) is 15.0 Å². The molecular weight excluding hydrogens is 266 g/mol. The molecule has 4 aromatic rings. The van der Waals surface area contributed by atoms with E-state index in [4.69, 9.17) is 0 Å². The number of aromatic nitrogens is 5. The average molecular weight is 277 g/mol. The van der Waals surface area contributed by atoms with Crippen molar-refractivity contribution in [3.05, 3.63) is 52.8 Å². The Morgan fingerprint density at radius 3 is 2.95 bits per heavy atom. The van der Waals surface area contributed by atoms with Crippen molar-refractivity contribution < 1.29 is 0 Å². The Balaban J connectivity index is 1.94. The minimum absolute atomic E-state index is 0.242. The quantitative estimate of drug-likeness (QED) is 0.558. The number of aromatic amines is 2. The van der Waals surface area contributed by atoms with Crippen molar-refractivity contribution in [3.63, 3.8) is 0 Å². The molecule has 4 rings (SSSR count). The fraction of sp³-hybridized carbons (Fsp3) is 0.0667. The number of nitrogens with zero attached hydrogens (tertiary/aromatic N) is 3. The number of hydrogen-bond donors (Lipinski definition) is 2. The summed E-state index contributed by atoms with van der Waals surface area (Å²) < 4.78 is 0. The molecule has 0 aliphatic heterocycles. The molecule has 0 saturated carbocycles. The molecule has 0 fully saturated rings. The normalized spacial score (nSPS) is 11.3. The third-order valence-electron chi connectivity index (χ3n) is 3.39. The van der Waals surface area contributed by atoms with E-state index in [9.17, 15) is 4.79 Å². The molecule has 0 amide bonds. The summed E-state index contributed by atoms with van der Waals surface area (Å²) in [5.41, 5.74) is 4.14. The van der Waals surface area contributed by atoms with Gasteiger partial charge in [0.2, 0.25) is 0 Å². The van der Waals surface area contributed by atoms with Gasteiger partial charge in [0.25, 0.3) is 5.56 Å². The summed E-state index contributed by atoms with van der Waals surface area (Å²) in [6.07, 6.45) is 3.12. The zero-order valence-corrected chi connectivity index (χ0v) is 11.2. The lowest BCUT2D eigenvalue weighted by molar-refractivity contribution is 1.15. The smallest absolute Gasteiger partial charge is 0.277 e. The maximum atomic E-state index is 11.8. The van der Waals surface area contributed by atoms with Gasteiger partial charge < -0.3 is 9.97 Å². The lowest BCUT2D eigenvalue weighted by atomic mass is 10.1. The van der Waals surface area contributed by atoms with E-state index in [0.717, 1.165) is 22.3 Å². The van der Waals surface area contributed by atoms with Crippen molar-refractivity contribution in [2.45, 2.75) is 6.92 Å². The predicted molar refractivity (Wildman–Crippen MR) is 80.0 cm³/mol. The first-order chi connectivity index (χ1) is 10.2. The SMILES string of the molecule is Cc1cc2cc(-c3ccc4nc[nH]c(=O)c4n3)cnc2[nH]1. The standard InChI is InChI=1S/C15H11N5O/c1-8-4-9-5-10(6-16-14(9)19-8)11-2-3-12-13(20-11)15(21)18-7-17-12/h2-7H,1H3,(H,16,19)(H,17,18,21). The van der Waals surface area contributed by atoms with Gasteiger partial charge in [-0.2, -0.15) is 0 Å². The van der Waals surface area contributed by atoms with Crippen LogP contribution in [0.25, 0.3) is 33.3 Å². The van der Waals surface area contributed by atoms with Crippen LogP contribution in [-0.4, -0.2) is 24.9 Å². The van der Waals surface area contributed by atoms with Crippen molar-refractivity contribution >= 4 is 22.1 Å². The number of pyridine rings is 2. The highest BCUT2D eigenvalue weighted by Gasteiger charge is 2.07. The third kappa shape index (κ3) is 1.88. The van der Waals surface area contributed by atoms with Crippen LogP contribution in [0, 0.1) is 6.92 Å². The van der Waals surface area contributed by atoms with Crippen LogP contribution in [0.3, 0.4) is 0 Å². The molecule has 4 heterocycles. The summed E-state index contributed by atoms with van der Waals surface area (Å²) in [7, 11) is 0. The molecule has 21 heavy (non-hydrogen) atoms. The van der Waals surface area contributed by atoms with Crippen LogP contribution in [0.5, 0.6) is 0 Å². The van der Waals surface area contributed by atoms with E-state index in [2.05, 4.69) is 24.9 Å². The Morgan fingerprint density at radius 2 is 2.05 bits per heavy atom. The molecule has 0 spiro atoms. The Bertz CT molecular complexity index is 1030. The largest absolute Gasteiger partial charge is 0.344 e. The fourth-order valence-corrected chi connectivity index (χ4v) is 2.41. The van der Waals surface area contributed by atoms with E-state index < -0.39 is 0 Å². The van der Waals surface area contributed by atoms with Gasteiger partial charge in [0.05, 0.1) is 17.5 Å². The lowest BCUT2D eigenvalue weighted by Gasteiger charge is -2.02. The molecule has 0 radical (unpaired) electrons. The van der Waals surface area contributed by atoms with Gasteiger partial charge >= 0.3 is 0 Å². The Kier molecular flexibility index (Phi) is 2.38. The summed E-state index contributed by atoms with van der Waals surface area (Å²) in [5, 5.41) is 1.02. The van der Waals surface area contributed by atoms with Crippen molar-refractivity contribution in [2.75, 3.05) is 0 Å². The zero-order valence-electron chi connectivity index (χ0n) is 11.2. The van der Waals surface area contributed by atoms with Crippen LogP contribution >= 0.6 is 0 Å². The summed E-state index contributed by atoms with van der Waals surface area (Å²) >= 11 is 0. The minimum Gasteiger partial charge on any atom is -0.344 e. The Labute approximate surface area is 118 Å². The summed E-state index contributed by atoms with van der Waals surface area (Å²) in [5.74, 6) is 0. The highest BCUT2D eigenvalue weighted by atomic mass is 16.1. The maximum absolute atomic E-state index is 11.8. The van der Waals surface area contributed by atoms with Crippen LogP contribution in [-0.2, 0) is 0 Å². The molecule has 0 bridgehead atoms. The minimum atomic E-state index is -0.242. The highest BCUT2D eigenvalue weighted by molar-refractivity contribution is 5.83. The van der Waals surface area contributed by atoms with E-state index >= 15 is 0 Å². The predicted octanol–water partition coefficient (Wildman–Crippen LogP) is 2.17. The van der Waals surface area contributed by atoms with Crippen LogP contribution in [0.15, 0.2) is 41.6 Å². The summed E-state index contributed by atoms with van der Waals surface area (Å²) in [6, 6.07) is 7.67. The highest BCUT2D eigenvalue weighted by Crippen LogP contribution is 2.22. The van der Waals surface area contributed by atoms with Crippen molar-refractivity contribution in [1.29, 1.82) is 0 Å². The van der Waals surface area contributed by atoms with Gasteiger partial charge in [-0.05, 0) is 31.2 Å². The molecule has 0 aliphatic carbocycles. The lowest BCUT2D eigenvalue weighted by Crippen LogP contribution is -2.08. The molecule has 0 atom stereocenters.